The number of rotatable bonds is 6. The fourth-order valence-corrected chi connectivity index (χ4v) is 4.72. The van der Waals surface area contributed by atoms with Crippen LogP contribution >= 0.6 is 15.9 Å². The first kappa shape index (κ1) is 22.0. The Balaban J connectivity index is 2.03. The molecule has 1 atom stereocenters. The van der Waals surface area contributed by atoms with Crippen LogP contribution in [0, 0.1) is 0 Å². The summed E-state index contributed by atoms with van der Waals surface area (Å²) in [6.07, 6.45) is 0. The van der Waals surface area contributed by atoms with Crippen molar-refractivity contribution in [3.05, 3.63) is 75.6 Å². The van der Waals surface area contributed by atoms with E-state index >= 15 is 0 Å². The second-order valence-corrected chi connectivity index (χ2v) is 8.05. The molecule has 0 aromatic heterocycles. The van der Waals surface area contributed by atoms with Gasteiger partial charge in [-0.1, -0.05) is 36.4 Å². The molecule has 0 fully saturated rings. The Morgan fingerprint density at radius 2 is 1.91 bits per heavy atom. The monoisotopic (exact) mass is 497 g/mol. The minimum Gasteiger partial charge on any atom is -0.493 e. The lowest BCUT2D eigenvalue weighted by molar-refractivity contribution is -0.139. The normalized spacial score (nSPS) is 15.1. The van der Waals surface area contributed by atoms with Crippen LogP contribution in [0.25, 0.3) is 10.8 Å². The summed E-state index contributed by atoms with van der Waals surface area (Å²) in [5, 5.41) is 5.07. The molecule has 6 nitrogen and oxygen atoms in total. The van der Waals surface area contributed by atoms with E-state index in [2.05, 4.69) is 21.2 Å². The maximum atomic E-state index is 13.1. The van der Waals surface area contributed by atoms with Crippen molar-refractivity contribution >= 4 is 32.7 Å². The molecule has 1 unspecified atom stereocenters. The molecule has 166 valence electrons. The highest BCUT2D eigenvalue weighted by Crippen LogP contribution is 2.48. The van der Waals surface area contributed by atoms with Crippen molar-refractivity contribution in [3.63, 3.8) is 0 Å². The standard InChI is InChI=1S/C25H24BrNO5/c1-5-31-25(28)21-20(15-12-18(26)23(30-4)19(13-15)29-3)17-11-10-14-8-6-7-9-16(14)22(17)32-24(21)27-2/h6-13,20,27H,5H2,1-4H3. The van der Waals surface area contributed by atoms with Gasteiger partial charge in [0.1, 0.15) is 11.3 Å². The van der Waals surface area contributed by atoms with Gasteiger partial charge in [-0.15, -0.1) is 0 Å². The van der Waals surface area contributed by atoms with Crippen molar-refractivity contribution in [1.82, 2.24) is 5.32 Å². The highest BCUT2D eigenvalue weighted by molar-refractivity contribution is 9.10. The largest absolute Gasteiger partial charge is 0.493 e. The van der Waals surface area contributed by atoms with E-state index in [0.29, 0.717) is 28.7 Å². The first-order valence-corrected chi connectivity index (χ1v) is 11.0. The molecule has 0 radical (unpaired) electrons. The third-order valence-electron chi connectivity index (χ3n) is 5.47. The molecule has 1 aliphatic rings. The number of carbonyl (C=O) groups is 1. The highest BCUT2D eigenvalue weighted by Gasteiger charge is 2.37. The van der Waals surface area contributed by atoms with E-state index in [1.165, 1.54) is 0 Å². The molecule has 0 spiro atoms. The van der Waals surface area contributed by atoms with E-state index in [-0.39, 0.29) is 6.61 Å². The molecule has 0 aliphatic carbocycles. The summed E-state index contributed by atoms with van der Waals surface area (Å²) in [7, 11) is 4.90. The van der Waals surface area contributed by atoms with Crippen molar-refractivity contribution in [2.24, 2.45) is 0 Å². The minimum atomic E-state index is -0.444. The van der Waals surface area contributed by atoms with Crippen molar-refractivity contribution in [3.8, 4) is 17.2 Å². The Hall–Kier alpha value is -3.19. The van der Waals surface area contributed by atoms with Crippen LogP contribution in [0.3, 0.4) is 0 Å². The fourth-order valence-electron chi connectivity index (χ4n) is 4.10. The number of hydrogen-bond acceptors (Lipinski definition) is 6. The molecule has 1 N–H and O–H groups in total. The van der Waals surface area contributed by atoms with Crippen LogP contribution < -0.4 is 19.5 Å². The van der Waals surface area contributed by atoms with Crippen LogP contribution in [-0.2, 0) is 9.53 Å². The molecule has 0 amide bonds. The van der Waals surface area contributed by atoms with Crippen molar-refractivity contribution in [1.29, 1.82) is 0 Å². The van der Waals surface area contributed by atoms with Gasteiger partial charge in [0.2, 0.25) is 5.88 Å². The number of fused-ring (bicyclic) bond motifs is 3. The van der Waals surface area contributed by atoms with Crippen molar-refractivity contribution in [2.45, 2.75) is 12.8 Å². The number of methoxy groups -OCH3 is 2. The Morgan fingerprint density at radius 1 is 1.12 bits per heavy atom. The lowest BCUT2D eigenvalue weighted by atomic mass is 9.81. The Kier molecular flexibility index (Phi) is 6.28. The maximum Gasteiger partial charge on any atom is 0.340 e. The van der Waals surface area contributed by atoms with E-state index in [9.17, 15) is 4.79 Å². The van der Waals surface area contributed by atoms with E-state index < -0.39 is 11.9 Å². The van der Waals surface area contributed by atoms with Crippen LogP contribution in [0.2, 0.25) is 0 Å². The molecule has 3 aromatic carbocycles. The van der Waals surface area contributed by atoms with E-state index in [0.717, 1.165) is 26.4 Å². The average Bonchev–Trinajstić information content (AvgIpc) is 2.82. The van der Waals surface area contributed by atoms with Gasteiger partial charge < -0.3 is 24.3 Å². The smallest absolute Gasteiger partial charge is 0.340 e. The van der Waals surface area contributed by atoms with Crippen LogP contribution in [0.15, 0.2) is 64.5 Å². The van der Waals surface area contributed by atoms with Crippen LogP contribution in [0.4, 0.5) is 0 Å². The average molecular weight is 498 g/mol. The molecule has 0 bridgehead atoms. The number of ether oxygens (including phenoxy) is 4. The molecule has 32 heavy (non-hydrogen) atoms. The molecular weight excluding hydrogens is 474 g/mol. The first-order valence-electron chi connectivity index (χ1n) is 10.2. The third kappa shape index (κ3) is 3.66. The Morgan fingerprint density at radius 3 is 2.59 bits per heavy atom. The summed E-state index contributed by atoms with van der Waals surface area (Å²) in [5.74, 6) is 1.32. The van der Waals surface area contributed by atoms with Gasteiger partial charge in [-0.05, 0) is 45.9 Å². The summed E-state index contributed by atoms with van der Waals surface area (Å²) in [6.45, 7) is 2.04. The number of esters is 1. The summed E-state index contributed by atoms with van der Waals surface area (Å²) >= 11 is 3.58. The molecule has 4 rings (SSSR count). The van der Waals surface area contributed by atoms with Gasteiger partial charge in [0.25, 0.3) is 0 Å². The number of carbonyl (C=O) groups excluding carboxylic acids is 1. The van der Waals surface area contributed by atoms with E-state index in [4.69, 9.17) is 18.9 Å². The number of nitrogens with one attached hydrogen (secondary N) is 1. The number of hydrogen-bond donors (Lipinski definition) is 1. The second-order valence-electron chi connectivity index (χ2n) is 7.19. The van der Waals surface area contributed by atoms with E-state index in [1.807, 2.05) is 48.5 Å². The van der Waals surface area contributed by atoms with Gasteiger partial charge >= 0.3 is 5.97 Å². The zero-order valence-corrected chi connectivity index (χ0v) is 19.9. The summed E-state index contributed by atoms with van der Waals surface area (Å²) in [6, 6.07) is 15.8. The third-order valence-corrected chi connectivity index (χ3v) is 6.06. The summed E-state index contributed by atoms with van der Waals surface area (Å²) in [5.41, 5.74) is 2.10. The van der Waals surface area contributed by atoms with Crippen LogP contribution in [0.1, 0.15) is 24.0 Å². The topological polar surface area (TPSA) is 66.0 Å². The summed E-state index contributed by atoms with van der Waals surface area (Å²) in [4.78, 5) is 13.1. The molecule has 3 aromatic rings. The zero-order valence-electron chi connectivity index (χ0n) is 18.3. The van der Waals surface area contributed by atoms with Gasteiger partial charge in [-0.25, -0.2) is 4.79 Å². The quantitative estimate of drug-likeness (QED) is 0.475. The first-order chi connectivity index (χ1) is 15.5. The highest BCUT2D eigenvalue weighted by atomic mass is 79.9. The molecule has 0 saturated carbocycles. The van der Waals surface area contributed by atoms with Crippen molar-refractivity contribution < 1.29 is 23.7 Å². The van der Waals surface area contributed by atoms with E-state index in [1.54, 1.807) is 28.2 Å². The predicted molar refractivity (Wildman–Crippen MR) is 126 cm³/mol. The predicted octanol–water partition coefficient (Wildman–Crippen LogP) is 5.14. The minimum absolute atomic E-state index is 0.256. The summed E-state index contributed by atoms with van der Waals surface area (Å²) < 4.78 is 23.4. The molecular formula is C25H24BrNO5. The number of benzene rings is 3. The van der Waals surface area contributed by atoms with Crippen LogP contribution in [-0.4, -0.2) is 33.8 Å². The maximum absolute atomic E-state index is 13.1. The lowest BCUT2D eigenvalue weighted by Crippen LogP contribution is -2.29. The van der Waals surface area contributed by atoms with Gasteiger partial charge in [0, 0.05) is 18.0 Å². The van der Waals surface area contributed by atoms with Crippen LogP contribution in [0.5, 0.6) is 17.2 Å². The zero-order chi connectivity index (χ0) is 22.8. The molecule has 7 heteroatoms. The van der Waals surface area contributed by atoms with Crippen molar-refractivity contribution in [2.75, 3.05) is 27.9 Å². The SMILES string of the molecule is CCOC(=O)C1=C(NC)Oc2c(ccc3ccccc23)C1c1cc(Br)c(OC)c(OC)c1. The second kappa shape index (κ2) is 9.12. The molecule has 1 heterocycles. The molecule has 0 saturated heterocycles. The van der Waals surface area contributed by atoms with Gasteiger partial charge in [-0.3, -0.25) is 0 Å². The van der Waals surface area contributed by atoms with Gasteiger partial charge in [0.05, 0.1) is 31.2 Å². The Bertz CT molecular complexity index is 1220. The number of halogens is 1. The van der Waals surface area contributed by atoms with Gasteiger partial charge in [-0.2, -0.15) is 0 Å². The fraction of sp³-hybridized carbons (Fsp3) is 0.240. The lowest BCUT2D eigenvalue weighted by Gasteiger charge is -2.31. The molecule has 1 aliphatic heterocycles. The Labute approximate surface area is 195 Å². The van der Waals surface area contributed by atoms with Gasteiger partial charge in [0.15, 0.2) is 11.5 Å².